The Morgan fingerprint density at radius 1 is 1.00 bits per heavy atom. The van der Waals surface area contributed by atoms with Crippen molar-refractivity contribution in [1.29, 1.82) is 0 Å². The molecule has 6 heteroatoms. The van der Waals surface area contributed by atoms with E-state index in [9.17, 15) is 9.59 Å². The van der Waals surface area contributed by atoms with Crippen molar-refractivity contribution in [3.05, 3.63) is 0 Å². The van der Waals surface area contributed by atoms with Crippen molar-refractivity contribution in [2.45, 2.75) is 40.0 Å². The Kier molecular flexibility index (Phi) is 8.70. The number of carbonyl (C=O) groups is 2. The van der Waals surface area contributed by atoms with Crippen LogP contribution < -0.4 is 37.7 Å². The van der Waals surface area contributed by atoms with E-state index in [4.69, 9.17) is 10.2 Å². The predicted octanol–water partition coefficient (Wildman–Crippen LogP) is -3.53. The number of rotatable bonds is 2. The van der Waals surface area contributed by atoms with Crippen molar-refractivity contribution in [3.8, 4) is 0 Å². The summed E-state index contributed by atoms with van der Waals surface area (Å²) < 4.78 is 0. The maximum absolute atomic E-state index is 11.1. The van der Waals surface area contributed by atoms with Gasteiger partial charge in [0, 0.05) is 0 Å². The first-order chi connectivity index (χ1) is 7.23. The standard InChI is InChI=1S/C12H20O4.2Li.2H/c1-12(2,3)7-4-5-8(10(13)14)9(6-7)11(15)16;;;;/h7-9H,4-6H2,1-3H3,(H,13,14)(H,15,16);;;;/q;2*+1;2*-1. The first-order valence-electron chi connectivity index (χ1n) is 5.69. The molecule has 1 fully saturated rings. The summed E-state index contributed by atoms with van der Waals surface area (Å²) in [7, 11) is 0. The molecule has 18 heavy (non-hydrogen) atoms. The summed E-state index contributed by atoms with van der Waals surface area (Å²) >= 11 is 0. The molecule has 4 nitrogen and oxygen atoms in total. The van der Waals surface area contributed by atoms with Crippen LogP contribution in [-0.4, -0.2) is 22.2 Å². The van der Waals surface area contributed by atoms with Crippen LogP contribution in [0.15, 0.2) is 0 Å². The summed E-state index contributed by atoms with van der Waals surface area (Å²) in [5.74, 6) is -3.09. The van der Waals surface area contributed by atoms with Gasteiger partial charge >= 0.3 is 49.7 Å². The zero-order valence-electron chi connectivity index (χ0n) is 14.1. The molecule has 1 saturated carbocycles. The van der Waals surface area contributed by atoms with E-state index >= 15 is 0 Å². The fraction of sp³-hybridized carbons (Fsp3) is 0.833. The largest absolute Gasteiger partial charge is 1.00 e. The summed E-state index contributed by atoms with van der Waals surface area (Å²) in [5, 5.41) is 18.1. The Labute approximate surface area is 135 Å². The molecule has 0 saturated heterocycles. The van der Waals surface area contributed by atoms with Crippen LogP contribution in [0.25, 0.3) is 0 Å². The molecule has 0 amide bonds. The van der Waals surface area contributed by atoms with E-state index in [1.165, 1.54) is 0 Å². The van der Waals surface area contributed by atoms with Crippen LogP contribution in [0.1, 0.15) is 42.9 Å². The van der Waals surface area contributed by atoms with Gasteiger partial charge in [-0.1, -0.05) is 20.8 Å². The Morgan fingerprint density at radius 3 is 1.78 bits per heavy atom. The molecule has 0 aromatic carbocycles. The Morgan fingerprint density at radius 2 is 1.44 bits per heavy atom. The third-order valence-corrected chi connectivity index (χ3v) is 3.71. The molecule has 0 heterocycles. The zero-order valence-corrected chi connectivity index (χ0v) is 12.1. The molecule has 3 unspecified atom stereocenters. The van der Waals surface area contributed by atoms with E-state index in [2.05, 4.69) is 20.8 Å². The minimum Gasteiger partial charge on any atom is -1.00 e. The molecule has 1 aliphatic carbocycles. The van der Waals surface area contributed by atoms with Crippen molar-refractivity contribution in [2.75, 3.05) is 0 Å². The van der Waals surface area contributed by atoms with Gasteiger partial charge in [0.1, 0.15) is 0 Å². The SMILES string of the molecule is CC(C)(C)C1CCC(C(=O)O)C(C(=O)O)C1.[H-].[H-].[Li+].[Li+]. The van der Waals surface area contributed by atoms with Crippen LogP contribution >= 0.6 is 0 Å². The van der Waals surface area contributed by atoms with E-state index in [1.807, 2.05) is 0 Å². The van der Waals surface area contributed by atoms with E-state index in [0.29, 0.717) is 18.8 Å². The van der Waals surface area contributed by atoms with Crippen molar-refractivity contribution in [2.24, 2.45) is 23.2 Å². The van der Waals surface area contributed by atoms with E-state index in [1.54, 1.807) is 0 Å². The second kappa shape index (κ2) is 7.66. The van der Waals surface area contributed by atoms with E-state index < -0.39 is 23.8 Å². The van der Waals surface area contributed by atoms with Gasteiger partial charge < -0.3 is 13.1 Å². The van der Waals surface area contributed by atoms with Crippen molar-refractivity contribution < 1.29 is 60.4 Å². The van der Waals surface area contributed by atoms with Gasteiger partial charge in [-0.25, -0.2) is 0 Å². The van der Waals surface area contributed by atoms with Crippen LogP contribution in [0.3, 0.4) is 0 Å². The third-order valence-electron chi connectivity index (χ3n) is 3.71. The molecular formula is C12H22Li2O4. The smallest absolute Gasteiger partial charge is 1.00 e. The second-order valence-corrected chi connectivity index (χ2v) is 5.77. The van der Waals surface area contributed by atoms with Crippen LogP contribution in [0.4, 0.5) is 0 Å². The fourth-order valence-electron chi connectivity index (χ4n) is 2.53. The summed E-state index contributed by atoms with van der Waals surface area (Å²) in [6.07, 6.45) is 1.77. The number of hydrogen-bond acceptors (Lipinski definition) is 2. The van der Waals surface area contributed by atoms with Gasteiger partial charge in [-0.15, -0.1) is 0 Å². The van der Waals surface area contributed by atoms with Gasteiger partial charge in [0.25, 0.3) is 0 Å². The molecule has 1 aliphatic rings. The first kappa shape index (κ1) is 20.5. The van der Waals surface area contributed by atoms with Gasteiger partial charge in [-0.3, -0.25) is 9.59 Å². The topological polar surface area (TPSA) is 74.6 Å². The van der Waals surface area contributed by atoms with Crippen molar-refractivity contribution >= 4 is 11.9 Å². The van der Waals surface area contributed by atoms with Crippen molar-refractivity contribution in [3.63, 3.8) is 0 Å². The summed E-state index contributed by atoms with van der Waals surface area (Å²) in [5.41, 5.74) is 0.0528. The second-order valence-electron chi connectivity index (χ2n) is 5.77. The Balaban J connectivity index is -0.000000320. The minimum absolute atomic E-state index is 0. The molecule has 0 aliphatic heterocycles. The summed E-state index contributed by atoms with van der Waals surface area (Å²) in [6.45, 7) is 6.24. The number of hydrogen-bond donors (Lipinski definition) is 2. The van der Waals surface area contributed by atoms with Gasteiger partial charge in [-0.2, -0.15) is 0 Å². The Bertz CT molecular complexity index is 308. The average Bonchev–Trinajstić information content (AvgIpc) is 2.15. The van der Waals surface area contributed by atoms with Crippen LogP contribution in [0, 0.1) is 23.2 Å². The van der Waals surface area contributed by atoms with Crippen LogP contribution in [-0.2, 0) is 9.59 Å². The number of carboxylic acid groups (broad SMARTS) is 2. The van der Waals surface area contributed by atoms with Crippen molar-refractivity contribution in [1.82, 2.24) is 0 Å². The number of aliphatic carboxylic acids is 2. The Hall–Kier alpha value is 0.135. The molecule has 3 atom stereocenters. The molecule has 0 bridgehead atoms. The van der Waals surface area contributed by atoms with Crippen LogP contribution in [0.5, 0.6) is 0 Å². The van der Waals surface area contributed by atoms with Gasteiger partial charge in [-0.05, 0) is 30.6 Å². The molecular weight excluding hydrogens is 222 g/mol. The monoisotopic (exact) mass is 244 g/mol. The third kappa shape index (κ3) is 5.02. The molecule has 2 N–H and O–H groups in total. The van der Waals surface area contributed by atoms with E-state index in [0.717, 1.165) is 6.42 Å². The molecule has 0 aromatic heterocycles. The maximum atomic E-state index is 11.1. The zero-order chi connectivity index (χ0) is 12.5. The summed E-state index contributed by atoms with van der Waals surface area (Å²) in [4.78, 5) is 22.0. The fourth-order valence-corrected chi connectivity index (χ4v) is 2.53. The summed E-state index contributed by atoms with van der Waals surface area (Å²) in [6, 6.07) is 0. The van der Waals surface area contributed by atoms with Gasteiger partial charge in [0.05, 0.1) is 11.8 Å². The molecule has 1 rings (SSSR count). The molecule has 0 spiro atoms. The maximum Gasteiger partial charge on any atom is 1.00 e. The van der Waals surface area contributed by atoms with Crippen LogP contribution in [0.2, 0.25) is 0 Å². The normalized spacial score (nSPS) is 27.6. The quantitative estimate of drug-likeness (QED) is 0.494. The minimum atomic E-state index is -0.972. The van der Waals surface area contributed by atoms with Gasteiger partial charge in [0.2, 0.25) is 0 Å². The van der Waals surface area contributed by atoms with E-state index in [-0.39, 0.29) is 46.0 Å². The van der Waals surface area contributed by atoms with Gasteiger partial charge in [0.15, 0.2) is 0 Å². The molecule has 0 radical (unpaired) electrons. The average molecular weight is 244 g/mol. The first-order valence-corrected chi connectivity index (χ1v) is 5.69. The molecule has 0 aromatic rings. The number of carboxylic acids is 2. The molecule has 96 valence electrons. The predicted molar refractivity (Wildman–Crippen MR) is 61.3 cm³/mol.